The highest BCUT2D eigenvalue weighted by molar-refractivity contribution is 7.92. The van der Waals surface area contributed by atoms with Crippen molar-refractivity contribution in [3.8, 4) is 0 Å². The van der Waals surface area contributed by atoms with Gasteiger partial charge in [0.15, 0.2) is 0 Å². The lowest BCUT2D eigenvalue weighted by molar-refractivity contribution is 0.0747. The summed E-state index contributed by atoms with van der Waals surface area (Å²) in [7, 11) is -3.73. The van der Waals surface area contributed by atoms with Crippen LogP contribution < -0.4 is 9.62 Å². The fraction of sp³-hybridized carbons (Fsp3) is 0.240. The van der Waals surface area contributed by atoms with Crippen LogP contribution in [0.25, 0.3) is 0 Å². The summed E-state index contributed by atoms with van der Waals surface area (Å²) in [6.45, 7) is 6.02. The lowest BCUT2D eigenvalue weighted by Crippen LogP contribution is -2.48. The van der Waals surface area contributed by atoms with Crippen LogP contribution >= 0.6 is 0 Å². The van der Waals surface area contributed by atoms with Gasteiger partial charge in [0.25, 0.3) is 15.9 Å². The molecule has 3 aromatic carbocycles. The van der Waals surface area contributed by atoms with Gasteiger partial charge in [0.2, 0.25) is 0 Å². The number of sulfonamides is 1. The van der Waals surface area contributed by atoms with Gasteiger partial charge < -0.3 is 9.80 Å². The maximum atomic E-state index is 13.1. The molecule has 4 rings (SSSR count). The SMILES string of the molecule is Cc1ccc(C)c(S(=O)(=O)Nc2ccc(C(=O)N3CCN(c4ccc(F)cc4)CC3)cc2)c1. The molecule has 0 aromatic heterocycles. The van der Waals surface area contributed by atoms with E-state index in [0.29, 0.717) is 43.0 Å². The van der Waals surface area contributed by atoms with E-state index >= 15 is 0 Å². The molecule has 1 N–H and O–H groups in total. The van der Waals surface area contributed by atoms with E-state index in [0.717, 1.165) is 11.3 Å². The molecular weight excluding hydrogens is 441 g/mol. The van der Waals surface area contributed by atoms with Gasteiger partial charge in [0.1, 0.15) is 5.82 Å². The van der Waals surface area contributed by atoms with E-state index in [9.17, 15) is 17.6 Å². The van der Waals surface area contributed by atoms with E-state index in [1.807, 2.05) is 13.0 Å². The Balaban J connectivity index is 1.39. The highest BCUT2D eigenvalue weighted by atomic mass is 32.2. The van der Waals surface area contributed by atoms with Crippen molar-refractivity contribution in [3.05, 3.63) is 89.2 Å². The number of hydrogen-bond acceptors (Lipinski definition) is 4. The predicted molar refractivity (Wildman–Crippen MR) is 128 cm³/mol. The zero-order valence-corrected chi connectivity index (χ0v) is 19.4. The van der Waals surface area contributed by atoms with Crippen LogP contribution in [0.5, 0.6) is 0 Å². The summed E-state index contributed by atoms with van der Waals surface area (Å²) in [6.07, 6.45) is 0. The highest BCUT2D eigenvalue weighted by Gasteiger charge is 2.23. The molecule has 1 aliphatic heterocycles. The summed E-state index contributed by atoms with van der Waals surface area (Å²) >= 11 is 0. The van der Waals surface area contributed by atoms with Gasteiger partial charge in [-0.1, -0.05) is 12.1 Å². The minimum absolute atomic E-state index is 0.0994. The van der Waals surface area contributed by atoms with Crippen molar-refractivity contribution in [1.82, 2.24) is 4.90 Å². The molecule has 1 saturated heterocycles. The summed E-state index contributed by atoms with van der Waals surface area (Å²) in [4.78, 5) is 17.0. The van der Waals surface area contributed by atoms with E-state index in [-0.39, 0.29) is 16.6 Å². The molecule has 8 heteroatoms. The monoisotopic (exact) mass is 467 g/mol. The predicted octanol–water partition coefficient (Wildman–Crippen LogP) is 4.21. The van der Waals surface area contributed by atoms with Crippen LogP contribution in [0.1, 0.15) is 21.5 Å². The number of carbonyl (C=O) groups is 1. The highest BCUT2D eigenvalue weighted by Crippen LogP contribution is 2.22. The fourth-order valence-corrected chi connectivity index (χ4v) is 5.28. The topological polar surface area (TPSA) is 69.7 Å². The van der Waals surface area contributed by atoms with Gasteiger partial charge in [-0.25, -0.2) is 12.8 Å². The molecule has 0 aliphatic carbocycles. The number of halogens is 1. The number of amides is 1. The molecule has 1 amide bonds. The second-order valence-corrected chi connectivity index (χ2v) is 9.86. The number of hydrogen-bond donors (Lipinski definition) is 1. The number of carbonyl (C=O) groups excluding carboxylic acids is 1. The second kappa shape index (κ2) is 9.23. The first-order valence-electron chi connectivity index (χ1n) is 10.7. The molecule has 172 valence electrons. The molecule has 0 unspecified atom stereocenters. The Hall–Kier alpha value is -3.39. The summed E-state index contributed by atoms with van der Waals surface area (Å²) in [5, 5.41) is 0. The number of nitrogens with one attached hydrogen (secondary N) is 1. The van der Waals surface area contributed by atoms with E-state index < -0.39 is 10.0 Å². The van der Waals surface area contributed by atoms with Crippen molar-refractivity contribution in [2.45, 2.75) is 18.7 Å². The van der Waals surface area contributed by atoms with Gasteiger partial charge in [-0.3, -0.25) is 9.52 Å². The molecule has 0 radical (unpaired) electrons. The number of piperazine rings is 1. The smallest absolute Gasteiger partial charge is 0.262 e. The van der Waals surface area contributed by atoms with Gasteiger partial charge in [-0.2, -0.15) is 0 Å². The van der Waals surface area contributed by atoms with Crippen LogP contribution in [0.3, 0.4) is 0 Å². The quantitative estimate of drug-likeness (QED) is 0.611. The molecule has 0 spiro atoms. The van der Waals surface area contributed by atoms with Gasteiger partial charge in [0, 0.05) is 43.1 Å². The third-order valence-electron chi connectivity index (χ3n) is 5.78. The first kappa shape index (κ1) is 22.8. The average molecular weight is 468 g/mol. The third kappa shape index (κ3) is 5.17. The Labute approximate surface area is 193 Å². The number of aryl methyl sites for hydroxylation is 2. The summed E-state index contributed by atoms with van der Waals surface area (Å²) in [5.41, 5.74) is 3.36. The first-order valence-corrected chi connectivity index (χ1v) is 12.2. The number of benzene rings is 3. The molecule has 6 nitrogen and oxygen atoms in total. The average Bonchev–Trinajstić information content (AvgIpc) is 2.81. The molecule has 0 saturated carbocycles. The molecule has 0 atom stereocenters. The van der Waals surface area contributed by atoms with Crippen molar-refractivity contribution < 1.29 is 17.6 Å². The molecule has 1 aliphatic rings. The molecule has 3 aromatic rings. The van der Waals surface area contributed by atoms with Crippen LogP contribution in [0.15, 0.2) is 71.6 Å². The lowest BCUT2D eigenvalue weighted by Gasteiger charge is -2.36. The van der Waals surface area contributed by atoms with Crippen molar-refractivity contribution in [2.75, 3.05) is 35.8 Å². The van der Waals surface area contributed by atoms with E-state index in [2.05, 4.69) is 9.62 Å². The molecular formula is C25H26FN3O3S. The van der Waals surface area contributed by atoms with E-state index in [1.165, 1.54) is 12.1 Å². The Bertz CT molecular complexity index is 1250. The Morgan fingerprint density at radius 2 is 1.52 bits per heavy atom. The van der Waals surface area contributed by atoms with Crippen molar-refractivity contribution in [1.29, 1.82) is 0 Å². The number of rotatable bonds is 5. The van der Waals surface area contributed by atoms with E-state index in [4.69, 9.17) is 0 Å². The minimum Gasteiger partial charge on any atom is -0.368 e. The maximum absolute atomic E-state index is 13.1. The number of anilines is 2. The number of nitrogens with zero attached hydrogens (tertiary/aromatic N) is 2. The van der Waals surface area contributed by atoms with Crippen molar-refractivity contribution in [2.24, 2.45) is 0 Å². The zero-order chi connectivity index (χ0) is 23.6. The fourth-order valence-electron chi connectivity index (χ4n) is 3.89. The molecule has 1 heterocycles. The van der Waals surface area contributed by atoms with Gasteiger partial charge in [0.05, 0.1) is 4.90 Å². The summed E-state index contributed by atoms with van der Waals surface area (Å²) in [5.74, 6) is -0.370. The van der Waals surface area contributed by atoms with Crippen LogP contribution in [0.4, 0.5) is 15.8 Å². The summed E-state index contributed by atoms with van der Waals surface area (Å²) < 4.78 is 41.3. The van der Waals surface area contributed by atoms with Crippen LogP contribution in [0, 0.1) is 19.7 Å². The van der Waals surface area contributed by atoms with Crippen molar-refractivity contribution >= 4 is 27.3 Å². The third-order valence-corrected chi connectivity index (χ3v) is 7.30. The van der Waals surface area contributed by atoms with Gasteiger partial charge >= 0.3 is 0 Å². The van der Waals surface area contributed by atoms with Crippen LogP contribution in [-0.2, 0) is 10.0 Å². The van der Waals surface area contributed by atoms with Crippen LogP contribution in [-0.4, -0.2) is 45.4 Å². The minimum atomic E-state index is -3.73. The molecule has 0 bridgehead atoms. The second-order valence-electron chi connectivity index (χ2n) is 8.21. The molecule has 33 heavy (non-hydrogen) atoms. The lowest BCUT2D eigenvalue weighted by atomic mass is 10.1. The Kier molecular flexibility index (Phi) is 6.37. The standard InChI is InChI=1S/C25H26FN3O3S/c1-18-3-4-19(2)24(17-18)33(31,32)27-22-9-5-20(6-10-22)25(30)29-15-13-28(14-16-29)23-11-7-21(26)8-12-23/h3-12,17,27H,13-16H2,1-2H3. The van der Waals surface area contributed by atoms with E-state index in [1.54, 1.807) is 60.4 Å². The zero-order valence-electron chi connectivity index (χ0n) is 18.6. The van der Waals surface area contributed by atoms with Crippen LogP contribution in [0.2, 0.25) is 0 Å². The normalized spacial score (nSPS) is 14.3. The Morgan fingerprint density at radius 3 is 2.15 bits per heavy atom. The van der Waals surface area contributed by atoms with Gasteiger partial charge in [-0.05, 0) is 79.6 Å². The van der Waals surface area contributed by atoms with Gasteiger partial charge in [-0.15, -0.1) is 0 Å². The maximum Gasteiger partial charge on any atom is 0.262 e. The molecule has 1 fully saturated rings. The largest absolute Gasteiger partial charge is 0.368 e. The summed E-state index contributed by atoms with van der Waals surface area (Å²) in [6, 6.07) is 18.1. The Morgan fingerprint density at radius 1 is 0.879 bits per heavy atom. The van der Waals surface area contributed by atoms with Crippen molar-refractivity contribution in [3.63, 3.8) is 0 Å². The first-order chi connectivity index (χ1) is 15.7.